The number of hydrogen-bond acceptors (Lipinski definition) is 2. The highest BCUT2D eigenvalue weighted by Gasteiger charge is 2.25. The number of halogens is 1. The first-order valence-electron chi connectivity index (χ1n) is 6.55. The summed E-state index contributed by atoms with van der Waals surface area (Å²) < 4.78 is 5.25. The van der Waals surface area contributed by atoms with Crippen molar-refractivity contribution in [1.82, 2.24) is 5.32 Å². The molecule has 0 radical (unpaired) electrons. The molecule has 1 fully saturated rings. The molecular weight excluding hydrogens is 250 g/mol. The molecular formula is C14H24ClNO2. The van der Waals surface area contributed by atoms with Gasteiger partial charge < -0.3 is 10.1 Å². The minimum atomic E-state index is -0.436. The summed E-state index contributed by atoms with van der Waals surface area (Å²) >= 11 is 5.79. The van der Waals surface area contributed by atoms with Gasteiger partial charge in [0.05, 0.1) is 0 Å². The van der Waals surface area contributed by atoms with E-state index in [0.29, 0.717) is 11.8 Å². The minimum absolute atomic E-state index is 0.222. The summed E-state index contributed by atoms with van der Waals surface area (Å²) in [5.74, 6) is 1.05. The van der Waals surface area contributed by atoms with Crippen LogP contribution in [-0.4, -0.2) is 23.6 Å². The molecule has 18 heavy (non-hydrogen) atoms. The SMILES string of the molecule is C=C(CCl)C1CCC(NC(=O)OC(C)(C)C)CC1. The van der Waals surface area contributed by atoms with Gasteiger partial charge in [0.1, 0.15) is 5.60 Å². The van der Waals surface area contributed by atoms with E-state index in [1.807, 2.05) is 20.8 Å². The number of hydrogen-bond donors (Lipinski definition) is 1. The summed E-state index contributed by atoms with van der Waals surface area (Å²) in [6.07, 6.45) is 3.72. The second-order valence-electron chi connectivity index (χ2n) is 5.99. The molecule has 4 heteroatoms. The highest BCUT2D eigenvalue weighted by Crippen LogP contribution is 2.29. The van der Waals surface area contributed by atoms with Gasteiger partial charge in [-0.3, -0.25) is 0 Å². The van der Waals surface area contributed by atoms with E-state index in [1.165, 1.54) is 0 Å². The molecule has 0 spiro atoms. The van der Waals surface area contributed by atoms with Crippen molar-refractivity contribution in [2.75, 3.05) is 5.88 Å². The Morgan fingerprint density at radius 2 is 1.89 bits per heavy atom. The van der Waals surface area contributed by atoms with Crippen LogP contribution in [0, 0.1) is 5.92 Å². The van der Waals surface area contributed by atoms with Crippen LogP contribution >= 0.6 is 11.6 Å². The third-order valence-corrected chi connectivity index (χ3v) is 3.54. The van der Waals surface area contributed by atoms with Gasteiger partial charge in [0.15, 0.2) is 0 Å². The fourth-order valence-corrected chi connectivity index (χ4v) is 2.45. The molecule has 1 aliphatic rings. The predicted molar refractivity (Wildman–Crippen MR) is 75.0 cm³/mol. The Hall–Kier alpha value is -0.700. The zero-order valence-corrected chi connectivity index (χ0v) is 12.3. The summed E-state index contributed by atoms with van der Waals surface area (Å²) in [4.78, 5) is 11.6. The topological polar surface area (TPSA) is 38.3 Å². The van der Waals surface area contributed by atoms with Gasteiger partial charge in [-0.1, -0.05) is 12.2 Å². The van der Waals surface area contributed by atoms with Crippen molar-refractivity contribution in [2.45, 2.75) is 58.1 Å². The van der Waals surface area contributed by atoms with E-state index in [2.05, 4.69) is 11.9 Å². The van der Waals surface area contributed by atoms with Crippen LogP contribution in [0.4, 0.5) is 4.79 Å². The largest absolute Gasteiger partial charge is 0.444 e. The highest BCUT2D eigenvalue weighted by atomic mass is 35.5. The fraction of sp³-hybridized carbons (Fsp3) is 0.786. The number of carbonyl (C=O) groups is 1. The molecule has 0 bridgehead atoms. The molecule has 0 aliphatic heterocycles. The lowest BCUT2D eigenvalue weighted by atomic mass is 9.82. The van der Waals surface area contributed by atoms with Crippen LogP contribution in [0.15, 0.2) is 12.2 Å². The van der Waals surface area contributed by atoms with Crippen molar-refractivity contribution in [3.63, 3.8) is 0 Å². The van der Waals surface area contributed by atoms with E-state index in [-0.39, 0.29) is 12.1 Å². The zero-order valence-electron chi connectivity index (χ0n) is 11.6. The van der Waals surface area contributed by atoms with Crippen molar-refractivity contribution in [3.8, 4) is 0 Å². The third kappa shape index (κ3) is 5.30. The van der Waals surface area contributed by atoms with Gasteiger partial charge >= 0.3 is 6.09 Å². The standard InChI is InChI=1S/C14H24ClNO2/c1-10(9-15)11-5-7-12(8-6-11)16-13(17)18-14(2,3)4/h11-12H,1,5-9H2,2-4H3,(H,16,17). The van der Waals surface area contributed by atoms with Gasteiger partial charge in [-0.2, -0.15) is 0 Å². The quantitative estimate of drug-likeness (QED) is 0.626. The molecule has 1 rings (SSSR count). The number of alkyl carbamates (subject to hydrolysis) is 1. The fourth-order valence-electron chi connectivity index (χ4n) is 2.23. The minimum Gasteiger partial charge on any atom is -0.444 e. The molecule has 104 valence electrons. The molecule has 1 amide bonds. The molecule has 0 saturated heterocycles. The van der Waals surface area contributed by atoms with Crippen molar-refractivity contribution in [2.24, 2.45) is 5.92 Å². The van der Waals surface area contributed by atoms with Crippen molar-refractivity contribution in [1.29, 1.82) is 0 Å². The number of ether oxygens (including phenoxy) is 1. The Labute approximate surface area is 115 Å². The summed E-state index contributed by atoms with van der Waals surface area (Å²) in [6, 6.07) is 0.222. The number of allylic oxidation sites excluding steroid dienone is 1. The average molecular weight is 274 g/mol. The van der Waals surface area contributed by atoms with E-state index >= 15 is 0 Å². The summed E-state index contributed by atoms with van der Waals surface area (Å²) in [6.45, 7) is 9.59. The maximum atomic E-state index is 11.6. The summed E-state index contributed by atoms with van der Waals surface area (Å²) in [5.41, 5.74) is 0.682. The summed E-state index contributed by atoms with van der Waals surface area (Å²) in [5, 5.41) is 2.93. The first-order chi connectivity index (χ1) is 8.31. The van der Waals surface area contributed by atoms with E-state index in [4.69, 9.17) is 16.3 Å². The lowest BCUT2D eigenvalue weighted by Gasteiger charge is -2.30. The Balaban J connectivity index is 2.31. The molecule has 0 aromatic rings. The van der Waals surface area contributed by atoms with Crippen LogP contribution in [0.5, 0.6) is 0 Å². The first-order valence-corrected chi connectivity index (χ1v) is 7.08. The molecule has 0 aromatic heterocycles. The second kappa shape index (κ2) is 6.46. The first kappa shape index (κ1) is 15.4. The molecule has 0 aromatic carbocycles. The lowest BCUT2D eigenvalue weighted by Crippen LogP contribution is -2.41. The van der Waals surface area contributed by atoms with Gasteiger partial charge in [-0.05, 0) is 52.4 Å². The molecule has 3 nitrogen and oxygen atoms in total. The molecule has 1 aliphatic carbocycles. The van der Waals surface area contributed by atoms with Gasteiger partial charge in [0, 0.05) is 11.9 Å². The van der Waals surface area contributed by atoms with E-state index in [0.717, 1.165) is 31.3 Å². The maximum Gasteiger partial charge on any atom is 0.407 e. The summed E-state index contributed by atoms with van der Waals surface area (Å²) in [7, 11) is 0. The van der Waals surface area contributed by atoms with Crippen molar-refractivity contribution < 1.29 is 9.53 Å². The number of rotatable bonds is 3. The molecule has 1 saturated carbocycles. The normalized spacial score (nSPS) is 24.4. The van der Waals surface area contributed by atoms with Crippen LogP contribution in [0.3, 0.4) is 0 Å². The van der Waals surface area contributed by atoms with Crippen LogP contribution in [-0.2, 0) is 4.74 Å². The molecule has 0 atom stereocenters. The smallest absolute Gasteiger partial charge is 0.407 e. The van der Waals surface area contributed by atoms with Gasteiger partial charge in [0.2, 0.25) is 0 Å². The van der Waals surface area contributed by atoms with Gasteiger partial charge in [-0.15, -0.1) is 11.6 Å². The van der Waals surface area contributed by atoms with Gasteiger partial charge in [0.25, 0.3) is 0 Å². The number of amides is 1. The van der Waals surface area contributed by atoms with Crippen molar-refractivity contribution >= 4 is 17.7 Å². The molecule has 0 heterocycles. The molecule has 0 unspecified atom stereocenters. The maximum absolute atomic E-state index is 11.6. The van der Waals surface area contributed by atoms with Crippen LogP contribution in [0.25, 0.3) is 0 Å². The predicted octanol–water partition coefficient (Wildman–Crippen LogP) is 3.86. The lowest BCUT2D eigenvalue weighted by molar-refractivity contribution is 0.0489. The Morgan fingerprint density at radius 1 is 1.33 bits per heavy atom. The Kier molecular flexibility index (Phi) is 5.51. The van der Waals surface area contributed by atoms with E-state index in [1.54, 1.807) is 0 Å². The Morgan fingerprint density at radius 3 is 2.33 bits per heavy atom. The second-order valence-corrected chi connectivity index (χ2v) is 6.25. The van der Waals surface area contributed by atoms with Crippen LogP contribution in [0.2, 0.25) is 0 Å². The highest BCUT2D eigenvalue weighted by molar-refractivity contribution is 6.19. The number of carbonyl (C=O) groups excluding carboxylic acids is 1. The van der Waals surface area contributed by atoms with E-state index in [9.17, 15) is 4.79 Å². The number of alkyl halides is 1. The number of nitrogens with one attached hydrogen (secondary N) is 1. The zero-order chi connectivity index (χ0) is 13.8. The third-order valence-electron chi connectivity index (χ3n) is 3.20. The van der Waals surface area contributed by atoms with Gasteiger partial charge in [-0.25, -0.2) is 4.79 Å². The van der Waals surface area contributed by atoms with Crippen LogP contribution in [0.1, 0.15) is 46.5 Å². The molecule has 1 N–H and O–H groups in total. The van der Waals surface area contributed by atoms with Crippen molar-refractivity contribution in [3.05, 3.63) is 12.2 Å². The van der Waals surface area contributed by atoms with E-state index < -0.39 is 5.60 Å². The average Bonchev–Trinajstić information content (AvgIpc) is 2.26. The Bertz CT molecular complexity index is 301. The van der Waals surface area contributed by atoms with Crippen LogP contribution < -0.4 is 5.32 Å². The monoisotopic (exact) mass is 273 g/mol.